The van der Waals surface area contributed by atoms with Gasteiger partial charge >= 0.3 is 0 Å². The predicted octanol–water partition coefficient (Wildman–Crippen LogP) is 1.89. The third-order valence-corrected chi connectivity index (χ3v) is 3.05. The summed E-state index contributed by atoms with van der Waals surface area (Å²) in [5, 5.41) is 21.1. The molecule has 0 aliphatic rings. The summed E-state index contributed by atoms with van der Waals surface area (Å²) in [5.41, 5.74) is 0.285. The second-order valence-corrected chi connectivity index (χ2v) is 5.15. The van der Waals surface area contributed by atoms with Crippen molar-refractivity contribution in [2.24, 2.45) is 0 Å². The van der Waals surface area contributed by atoms with Crippen LogP contribution in [0.3, 0.4) is 0 Å². The Bertz CT molecular complexity index is 395. The van der Waals surface area contributed by atoms with Crippen LogP contribution in [0.2, 0.25) is 0 Å². The van der Waals surface area contributed by atoms with Gasteiger partial charge in [0.15, 0.2) is 0 Å². The summed E-state index contributed by atoms with van der Waals surface area (Å²) >= 11 is 2.09. The van der Waals surface area contributed by atoms with E-state index < -0.39 is 0 Å². The minimum atomic E-state index is -0.286. The molecule has 0 aliphatic carbocycles. The Morgan fingerprint density at radius 2 is 2.24 bits per heavy atom. The molecule has 1 aromatic rings. The first-order valence-electron chi connectivity index (χ1n) is 5.45. The Labute approximate surface area is 114 Å². The monoisotopic (exact) mass is 349 g/mol. The van der Waals surface area contributed by atoms with Crippen molar-refractivity contribution in [3.05, 3.63) is 27.3 Å². The van der Waals surface area contributed by atoms with Crippen LogP contribution in [0.1, 0.15) is 30.1 Å². The van der Waals surface area contributed by atoms with Gasteiger partial charge in [0.1, 0.15) is 5.75 Å². The van der Waals surface area contributed by atoms with Gasteiger partial charge in [-0.05, 0) is 60.6 Å². The molecule has 0 aliphatic heterocycles. The van der Waals surface area contributed by atoms with E-state index in [-0.39, 0.29) is 29.9 Å². The highest BCUT2D eigenvalue weighted by molar-refractivity contribution is 14.1. The normalized spacial score (nSPS) is 12.2. The van der Waals surface area contributed by atoms with Gasteiger partial charge in [0.05, 0.1) is 5.56 Å². The van der Waals surface area contributed by atoms with Gasteiger partial charge in [0, 0.05) is 16.2 Å². The largest absolute Gasteiger partial charge is 0.507 e. The summed E-state index contributed by atoms with van der Waals surface area (Å²) < 4.78 is 0.897. The molecule has 0 radical (unpaired) electrons. The molecule has 0 saturated carbocycles. The molecule has 3 N–H and O–H groups in total. The number of phenolic OH excluding ortho intramolecular Hbond substituents is 1. The minimum Gasteiger partial charge on any atom is -0.507 e. The maximum Gasteiger partial charge on any atom is 0.255 e. The highest BCUT2D eigenvalue weighted by Gasteiger charge is 2.13. The van der Waals surface area contributed by atoms with Crippen LogP contribution in [-0.2, 0) is 0 Å². The lowest BCUT2D eigenvalue weighted by Crippen LogP contribution is -2.32. The molecule has 17 heavy (non-hydrogen) atoms. The van der Waals surface area contributed by atoms with Gasteiger partial charge in [-0.15, -0.1) is 0 Å². The maximum absolute atomic E-state index is 11.9. The molecular weight excluding hydrogens is 333 g/mol. The summed E-state index contributed by atoms with van der Waals surface area (Å²) in [5.74, 6) is -0.302. The van der Waals surface area contributed by atoms with Crippen molar-refractivity contribution in [2.45, 2.75) is 25.8 Å². The molecule has 0 fully saturated rings. The van der Waals surface area contributed by atoms with Crippen molar-refractivity contribution in [1.82, 2.24) is 5.32 Å². The zero-order valence-electron chi connectivity index (χ0n) is 9.61. The van der Waals surface area contributed by atoms with Crippen molar-refractivity contribution < 1.29 is 15.0 Å². The number of aromatic hydroxyl groups is 1. The maximum atomic E-state index is 11.9. The fourth-order valence-electron chi connectivity index (χ4n) is 1.46. The molecule has 94 valence electrons. The summed E-state index contributed by atoms with van der Waals surface area (Å²) in [4.78, 5) is 11.9. The lowest BCUT2D eigenvalue weighted by atomic mass is 10.1. The van der Waals surface area contributed by atoms with Gasteiger partial charge in [0.2, 0.25) is 0 Å². The SMILES string of the molecule is CC(CCCO)NC(=O)c1cc(I)ccc1O. The van der Waals surface area contributed by atoms with Crippen molar-refractivity contribution in [3.63, 3.8) is 0 Å². The summed E-state index contributed by atoms with van der Waals surface area (Å²) in [7, 11) is 0. The Balaban J connectivity index is 2.66. The lowest BCUT2D eigenvalue weighted by molar-refractivity contribution is 0.0933. The molecule has 4 nitrogen and oxygen atoms in total. The van der Waals surface area contributed by atoms with E-state index >= 15 is 0 Å². The fourth-order valence-corrected chi connectivity index (χ4v) is 1.95. The molecule has 0 saturated heterocycles. The number of aliphatic hydroxyl groups is 1. The molecule has 1 aromatic carbocycles. The second kappa shape index (κ2) is 6.80. The predicted molar refractivity (Wildman–Crippen MR) is 74.1 cm³/mol. The van der Waals surface area contributed by atoms with Crippen molar-refractivity contribution >= 4 is 28.5 Å². The zero-order valence-corrected chi connectivity index (χ0v) is 11.8. The Morgan fingerprint density at radius 3 is 2.88 bits per heavy atom. The molecule has 1 atom stereocenters. The average molecular weight is 349 g/mol. The summed E-state index contributed by atoms with van der Waals surface area (Å²) in [6.45, 7) is 1.99. The first-order valence-corrected chi connectivity index (χ1v) is 6.52. The highest BCUT2D eigenvalue weighted by Crippen LogP contribution is 2.19. The molecule has 1 amide bonds. The van der Waals surface area contributed by atoms with E-state index in [1.807, 2.05) is 6.92 Å². The molecule has 0 bridgehead atoms. The molecule has 0 heterocycles. The minimum absolute atomic E-state index is 0.0164. The second-order valence-electron chi connectivity index (χ2n) is 3.90. The fraction of sp³-hybridized carbons (Fsp3) is 0.417. The number of phenols is 1. The number of amides is 1. The molecular formula is C12H16INO3. The van der Waals surface area contributed by atoms with E-state index in [1.54, 1.807) is 12.1 Å². The number of carbonyl (C=O) groups excluding carboxylic acids is 1. The van der Waals surface area contributed by atoms with Crippen LogP contribution in [0.4, 0.5) is 0 Å². The number of carbonyl (C=O) groups is 1. The summed E-state index contributed by atoms with van der Waals surface area (Å²) in [6.07, 6.45) is 1.37. The zero-order chi connectivity index (χ0) is 12.8. The average Bonchev–Trinajstić information content (AvgIpc) is 2.29. The number of hydrogen-bond donors (Lipinski definition) is 3. The van der Waals surface area contributed by atoms with Crippen molar-refractivity contribution in [2.75, 3.05) is 6.61 Å². The number of rotatable bonds is 5. The van der Waals surface area contributed by atoms with Crippen LogP contribution < -0.4 is 5.32 Å². The first-order chi connectivity index (χ1) is 8.04. The standard InChI is InChI=1S/C12H16INO3/c1-8(3-2-6-15)14-12(17)10-7-9(13)4-5-11(10)16/h4-5,7-8,15-16H,2-3,6H2,1H3,(H,14,17). The molecule has 1 rings (SSSR count). The third kappa shape index (κ3) is 4.51. The highest BCUT2D eigenvalue weighted by atomic mass is 127. The summed E-state index contributed by atoms with van der Waals surface area (Å²) in [6, 6.07) is 4.87. The van der Waals surface area contributed by atoms with Gasteiger partial charge in [0.25, 0.3) is 5.91 Å². The Kier molecular flexibility index (Phi) is 5.70. The van der Waals surface area contributed by atoms with E-state index in [2.05, 4.69) is 27.9 Å². The van der Waals surface area contributed by atoms with Crippen molar-refractivity contribution in [3.8, 4) is 5.75 Å². The van der Waals surface area contributed by atoms with Crippen LogP contribution in [0.5, 0.6) is 5.75 Å². The molecule has 0 aromatic heterocycles. The Morgan fingerprint density at radius 1 is 1.53 bits per heavy atom. The smallest absolute Gasteiger partial charge is 0.255 e. The Hall–Kier alpha value is -0.820. The topological polar surface area (TPSA) is 69.6 Å². The van der Waals surface area contributed by atoms with Gasteiger partial charge in [-0.2, -0.15) is 0 Å². The van der Waals surface area contributed by atoms with Crippen LogP contribution in [0.15, 0.2) is 18.2 Å². The number of benzene rings is 1. The van der Waals surface area contributed by atoms with Crippen molar-refractivity contribution in [1.29, 1.82) is 0 Å². The molecule has 0 spiro atoms. The van der Waals surface area contributed by atoms with Crippen LogP contribution in [0, 0.1) is 3.57 Å². The van der Waals surface area contributed by atoms with Gasteiger partial charge in [-0.1, -0.05) is 0 Å². The van der Waals surface area contributed by atoms with E-state index in [0.717, 1.165) is 3.57 Å². The number of nitrogens with one attached hydrogen (secondary N) is 1. The number of halogens is 1. The quantitative estimate of drug-likeness (QED) is 0.711. The van der Waals surface area contributed by atoms with Gasteiger partial charge < -0.3 is 15.5 Å². The van der Waals surface area contributed by atoms with E-state index in [0.29, 0.717) is 12.8 Å². The van der Waals surface area contributed by atoms with Crippen LogP contribution in [-0.4, -0.2) is 28.8 Å². The van der Waals surface area contributed by atoms with E-state index in [1.165, 1.54) is 6.07 Å². The van der Waals surface area contributed by atoms with Crippen LogP contribution >= 0.6 is 22.6 Å². The molecule has 5 heteroatoms. The van der Waals surface area contributed by atoms with Gasteiger partial charge in [-0.3, -0.25) is 4.79 Å². The number of aliphatic hydroxyl groups excluding tert-OH is 1. The van der Waals surface area contributed by atoms with E-state index in [9.17, 15) is 9.90 Å². The lowest BCUT2D eigenvalue weighted by Gasteiger charge is -2.13. The van der Waals surface area contributed by atoms with Crippen LogP contribution in [0.25, 0.3) is 0 Å². The molecule has 1 unspecified atom stereocenters. The first kappa shape index (κ1) is 14.2. The third-order valence-electron chi connectivity index (χ3n) is 2.38. The number of hydrogen-bond acceptors (Lipinski definition) is 3. The van der Waals surface area contributed by atoms with E-state index in [4.69, 9.17) is 5.11 Å². The van der Waals surface area contributed by atoms with Gasteiger partial charge in [-0.25, -0.2) is 0 Å².